The number of nitrogens with two attached hydrogens (primary N) is 1. The van der Waals surface area contributed by atoms with Crippen LogP contribution in [0.5, 0.6) is 0 Å². The van der Waals surface area contributed by atoms with Gasteiger partial charge in [-0.1, -0.05) is 0 Å². The monoisotopic (exact) mass is 193 g/mol. The summed E-state index contributed by atoms with van der Waals surface area (Å²) in [4.78, 5) is 10.5. The molecule has 1 rings (SSSR count). The number of rotatable bonds is 3. The third-order valence-corrected chi connectivity index (χ3v) is 2.10. The summed E-state index contributed by atoms with van der Waals surface area (Å²) in [5, 5.41) is 17.5. The maximum atomic E-state index is 10.5. The molecule has 0 saturated heterocycles. The fourth-order valence-corrected chi connectivity index (χ4v) is 1.28. The summed E-state index contributed by atoms with van der Waals surface area (Å²) in [6.07, 6.45) is 6.35. The molecule has 0 aromatic rings. The van der Waals surface area contributed by atoms with Crippen LogP contribution in [0.4, 0.5) is 0 Å². The molecule has 74 valence electrons. The van der Waals surface area contributed by atoms with Crippen molar-refractivity contribution in [2.45, 2.75) is 18.9 Å². The van der Waals surface area contributed by atoms with Gasteiger partial charge in [0.1, 0.15) is 0 Å². The second-order valence-corrected chi connectivity index (χ2v) is 3.13. The van der Waals surface area contributed by atoms with E-state index in [2.05, 4.69) is 0 Å². The van der Waals surface area contributed by atoms with E-state index in [9.17, 15) is 4.79 Å². The fraction of sp³-hybridized carbons (Fsp3) is 0.333. The molecule has 0 radical (unpaired) electrons. The molecule has 0 amide bonds. The van der Waals surface area contributed by atoms with Crippen molar-refractivity contribution >= 4 is 18.6 Å². The van der Waals surface area contributed by atoms with Gasteiger partial charge in [0.15, 0.2) is 0 Å². The molecule has 0 bridgehead atoms. The molecule has 4 N–H and O–H groups in total. The fourth-order valence-electron chi connectivity index (χ4n) is 1.28. The predicted octanol–water partition coefficient (Wildman–Crippen LogP) is -0.541. The number of hydrogen-bond acceptors (Lipinski definition) is 3. The standard InChI is InChI=1S/C9H12BNO3/c11-8(9(12)13)5-6-3-1-2-4-7(6)10-14/h1-3,8,14H,4-5,11H2,(H,12,13)/t8-/m0/s1. The summed E-state index contributed by atoms with van der Waals surface area (Å²) in [5.41, 5.74) is 6.90. The van der Waals surface area contributed by atoms with Gasteiger partial charge in [0, 0.05) is 0 Å². The third kappa shape index (κ3) is 2.57. The van der Waals surface area contributed by atoms with Gasteiger partial charge in [-0.25, -0.2) is 0 Å². The summed E-state index contributed by atoms with van der Waals surface area (Å²) < 4.78 is 0. The maximum absolute atomic E-state index is 10.5. The van der Waals surface area contributed by atoms with Crippen LogP contribution in [0.3, 0.4) is 0 Å². The number of carboxylic acid groups (broad SMARTS) is 1. The van der Waals surface area contributed by atoms with Crippen molar-refractivity contribution < 1.29 is 14.9 Å². The summed E-state index contributed by atoms with van der Waals surface area (Å²) in [6, 6.07) is -0.914. The van der Waals surface area contributed by atoms with Crippen LogP contribution in [-0.2, 0) is 4.79 Å². The van der Waals surface area contributed by atoms with E-state index in [1.807, 2.05) is 12.2 Å². The van der Waals surface area contributed by atoms with Crippen LogP contribution in [0.25, 0.3) is 0 Å². The molecule has 1 aliphatic rings. The molecule has 0 aromatic carbocycles. The third-order valence-electron chi connectivity index (χ3n) is 2.10. The zero-order chi connectivity index (χ0) is 10.6. The van der Waals surface area contributed by atoms with Crippen LogP contribution in [0.15, 0.2) is 23.8 Å². The van der Waals surface area contributed by atoms with Crippen molar-refractivity contribution in [2.75, 3.05) is 0 Å². The molecule has 14 heavy (non-hydrogen) atoms. The molecular formula is C9H12BNO3. The molecule has 0 spiro atoms. The minimum absolute atomic E-state index is 0.242. The summed E-state index contributed by atoms with van der Waals surface area (Å²) in [6.45, 7) is 0. The van der Waals surface area contributed by atoms with Crippen LogP contribution in [0, 0.1) is 0 Å². The molecule has 0 aliphatic heterocycles. The molecule has 5 heteroatoms. The van der Waals surface area contributed by atoms with E-state index in [-0.39, 0.29) is 6.42 Å². The van der Waals surface area contributed by atoms with Crippen LogP contribution >= 0.6 is 0 Å². The molecule has 0 heterocycles. The second kappa shape index (κ2) is 4.76. The molecule has 4 nitrogen and oxygen atoms in total. The molecule has 1 aliphatic carbocycles. The van der Waals surface area contributed by atoms with E-state index < -0.39 is 12.0 Å². The van der Waals surface area contributed by atoms with Crippen molar-refractivity contribution in [2.24, 2.45) is 5.73 Å². The number of carbonyl (C=O) groups is 1. The second-order valence-electron chi connectivity index (χ2n) is 3.13. The summed E-state index contributed by atoms with van der Waals surface area (Å²) >= 11 is 0. The molecule has 0 fully saturated rings. The zero-order valence-corrected chi connectivity index (χ0v) is 7.68. The summed E-state index contributed by atoms with van der Waals surface area (Å²) in [5.74, 6) is -1.03. The van der Waals surface area contributed by atoms with E-state index in [0.717, 1.165) is 18.2 Å². The van der Waals surface area contributed by atoms with Gasteiger partial charge in [-0.3, -0.25) is 0 Å². The van der Waals surface area contributed by atoms with E-state index in [1.54, 1.807) is 6.08 Å². The Labute approximate surface area is 82.7 Å². The molecular weight excluding hydrogens is 181 g/mol. The van der Waals surface area contributed by atoms with Crippen molar-refractivity contribution in [1.82, 2.24) is 0 Å². The van der Waals surface area contributed by atoms with Gasteiger partial charge >= 0.3 is 81.9 Å². The number of aliphatic carboxylic acids is 1. The number of allylic oxidation sites excluding steroid dienone is 3. The Bertz CT molecular complexity index is 320. The quantitative estimate of drug-likeness (QED) is 0.525. The van der Waals surface area contributed by atoms with Crippen LogP contribution < -0.4 is 5.73 Å². The minimum atomic E-state index is -1.03. The van der Waals surface area contributed by atoms with E-state index in [4.69, 9.17) is 15.9 Å². The Morgan fingerprint density at radius 2 is 2.43 bits per heavy atom. The Kier molecular flexibility index (Phi) is 3.65. The molecule has 1 atom stereocenters. The van der Waals surface area contributed by atoms with Gasteiger partial charge in [-0.05, 0) is 0 Å². The van der Waals surface area contributed by atoms with Gasteiger partial charge in [0.2, 0.25) is 0 Å². The van der Waals surface area contributed by atoms with Crippen LogP contribution in [-0.4, -0.2) is 34.7 Å². The van der Waals surface area contributed by atoms with Gasteiger partial charge in [0.05, 0.1) is 0 Å². The van der Waals surface area contributed by atoms with Crippen LogP contribution in [0.2, 0.25) is 0 Å². The van der Waals surface area contributed by atoms with Crippen LogP contribution in [0.1, 0.15) is 12.8 Å². The van der Waals surface area contributed by atoms with E-state index >= 15 is 0 Å². The Hall–Kier alpha value is -1.36. The van der Waals surface area contributed by atoms with Gasteiger partial charge in [-0.2, -0.15) is 0 Å². The van der Waals surface area contributed by atoms with Gasteiger partial charge in [0.25, 0.3) is 0 Å². The zero-order valence-electron chi connectivity index (χ0n) is 7.68. The van der Waals surface area contributed by atoms with Gasteiger partial charge < -0.3 is 0 Å². The normalized spacial score (nSPS) is 20.1. The van der Waals surface area contributed by atoms with E-state index in [0.29, 0.717) is 6.42 Å². The number of hydrogen-bond donors (Lipinski definition) is 3. The van der Waals surface area contributed by atoms with Crippen molar-refractivity contribution in [3.63, 3.8) is 0 Å². The van der Waals surface area contributed by atoms with Crippen molar-refractivity contribution in [3.8, 4) is 0 Å². The average molecular weight is 193 g/mol. The molecule has 0 aromatic heterocycles. The number of carboxylic acids is 1. The Balaban J connectivity index is 2.71. The first kappa shape index (κ1) is 10.7. The van der Waals surface area contributed by atoms with E-state index in [1.165, 1.54) is 0 Å². The molecule has 0 saturated carbocycles. The van der Waals surface area contributed by atoms with Crippen molar-refractivity contribution in [1.29, 1.82) is 0 Å². The summed E-state index contributed by atoms with van der Waals surface area (Å²) in [7, 11) is 1.00. The van der Waals surface area contributed by atoms with Gasteiger partial charge in [-0.15, -0.1) is 0 Å². The first-order valence-corrected chi connectivity index (χ1v) is 4.33. The topological polar surface area (TPSA) is 83.5 Å². The SMILES string of the molecule is N[C@@H](CC1=CC=CCC1=BO)C(=O)O. The average Bonchev–Trinajstić information content (AvgIpc) is 2.18. The first-order chi connectivity index (χ1) is 6.65. The Morgan fingerprint density at radius 3 is 3.00 bits per heavy atom. The van der Waals surface area contributed by atoms with Crippen molar-refractivity contribution in [3.05, 3.63) is 23.8 Å². The predicted molar refractivity (Wildman–Crippen MR) is 55.0 cm³/mol. The Morgan fingerprint density at radius 1 is 1.71 bits per heavy atom. The first-order valence-electron chi connectivity index (χ1n) is 4.33. The molecule has 0 unspecified atom stereocenters.